The SMILES string of the molecule is Cc1cc2ccccc2c(-c2cccc(I)c2)n1. The van der Waals surface area contributed by atoms with Crippen molar-refractivity contribution in [3.8, 4) is 11.3 Å². The van der Waals surface area contributed by atoms with E-state index in [1.54, 1.807) is 0 Å². The molecule has 0 atom stereocenters. The molecule has 0 aliphatic carbocycles. The van der Waals surface area contributed by atoms with Crippen LogP contribution in [0, 0.1) is 10.5 Å². The summed E-state index contributed by atoms with van der Waals surface area (Å²) < 4.78 is 1.23. The van der Waals surface area contributed by atoms with Crippen LogP contribution in [0.4, 0.5) is 0 Å². The van der Waals surface area contributed by atoms with Crippen molar-refractivity contribution in [2.24, 2.45) is 0 Å². The molecule has 0 saturated carbocycles. The Kier molecular flexibility index (Phi) is 3.04. The lowest BCUT2D eigenvalue weighted by atomic mass is 10.0. The summed E-state index contributed by atoms with van der Waals surface area (Å²) in [6, 6.07) is 19.0. The van der Waals surface area contributed by atoms with Gasteiger partial charge in [0.25, 0.3) is 0 Å². The molecule has 0 spiro atoms. The van der Waals surface area contributed by atoms with Crippen LogP contribution in [0.5, 0.6) is 0 Å². The van der Waals surface area contributed by atoms with Gasteiger partial charge in [0.2, 0.25) is 0 Å². The first-order valence-electron chi connectivity index (χ1n) is 5.86. The van der Waals surface area contributed by atoms with Crippen molar-refractivity contribution in [1.29, 1.82) is 0 Å². The van der Waals surface area contributed by atoms with E-state index in [-0.39, 0.29) is 0 Å². The summed E-state index contributed by atoms with van der Waals surface area (Å²) in [5, 5.41) is 2.46. The van der Waals surface area contributed by atoms with E-state index in [1.165, 1.54) is 19.9 Å². The Labute approximate surface area is 120 Å². The van der Waals surface area contributed by atoms with E-state index < -0.39 is 0 Å². The van der Waals surface area contributed by atoms with Gasteiger partial charge in [-0.3, -0.25) is 4.98 Å². The average molecular weight is 345 g/mol. The third-order valence-corrected chi connectivity index (χ3v) is 3.64. The minimum Gasteiger partial charge on any atom is -0.252 e. The van der Waals surface area contributed by atoms with Crippen molar-refractivity contribution in [2.45, 2.75) is 6.92 Å². The van der Waals surface area contributed by atoms with Crippen LogP contribution >= 0.6 is 22.6 Å². The van der Waals surface area contributed by atoms with Gasteiger partial charge in [-0.1, -0.05) is 36.4 Å². The van der Waals surface area contributed by atoms with Crippen molar-refractivity contribution in [3.63, 3.8) is 0 Å². The minimum atomic E-state index is 1.06. The fraction of sp³-hybridized carbons (Fsp3) is 0.0625. The molecule has 0 fully saturated rings. The van der Waals surface area contributed by atoms with Gasteiger partial charge in [0.15, 0.2) is 0 Å². The smallest absolute Gasteiger partial charge is 0.0783 e. The van der Waals surface area contributed by atoms with Gasteiger partial charge in [-0.2, -0.15) is 0 Å². The van der Waals surface area contributed by atoms with Gasteiger partial charge in [-0.25, -0.2) is 0 Å². The number of rotatable bonds is 1. The molecule has 1 nitrogen and oxygen atoms in total. The third-order valence-electron chi connectivity index (χ3n) is 2.97. The predicted molar refractivity (Wildman–Crippen MR) is 84.6 cm³/mol. The number of pyridine rings is 1. The molecule has 1 heterocycles. The summed E-state index contributed by atoms with van der Waals surface area (Å²) in [7, 11) is 0. The summed E-state index contributed by atoms with van der Waals surface area (Å²) >= 11 is 2.34. The second-order valence-electron chi connectivity index (χ2n) is 4.34. The molecule has 0 bridgehead atoms. The molecule has 88 valence electrons. The number of hydrogen-bond donors (Lipinski definition) is 0. The third kappa shape index (κ3) is 2.12. The van der Waals surface area contributed by atoms with E-state index >= 15 is 0 Å². The van der Waals surface area contributed by atoms with Gasteiger partial charge in [0, 0.05) is 20.2 Å². The molecule has 0 saturated heterocycles. The molecule has 3 rings (SSSR count). The molecular weight excluding hydrogens is 333 g/mol. The lowest BCUT2D eigenvalue weighted by Gasteiger charge is -2.08. The fourth-order valence-corrected chi connectivity index (χ4v) is 2.73. The van der Waals surface area contributed by atoms with Crippen LogP contribution < -0.4 is 0 Å². The van der Waals surface area contributed by atoms with E-state index in [4.69, 9.17) is 4.98 Å². The number of aromatic nitrogens is 1. The molecular formula is C16H12IN. The van der Waals surface area contributed by atoms with Crippen molar-refractivity contribution in [2.75, 3.05) is 0 Å². The van der Waals surface area contributed by atoms with E-state index in [2.05, 4.69) is 77.2 Å². The van der Waals surface area contributed by atoms with Gasteiger partial charge in [0.05, 0.1) is 5.69 Å². The number of halogens is 1. The average Bonchev–Trinajstić information content (AvgIpc) is 2.37. The maximum Gasteiger partial charge on any atom is 0.0783 e. The Morgan fingerprint density at radius 1 is 0.944 bits per heavy atom. The van der Waals surface area contributed by atoms with Crippen molar-refractivity contribution >= 4 is 33.4 Å². The number of nitrogens with zero attached hydrogens (tertiary/aromatic N) is 1. The Morgan fingerprint density at radius 2 is 1.78 bits per heavy atom. The second kappa shape index (κ2) is 4.69. The molecule has 0 amide bonds. The lowest BCUT2D eigenvalue weighted by molar-refractivity contribution is 1.23. The first-order valence-corrected chi connectivity index (χ1v) is 6.94. The Bertz CT molecular complexity index is 719. The van der Waals surface area contributed by atoms with E-state index in [1.807, 2.05) is 6.92 Å². The summed E-state index contributed by atoms with van der Waals surface area (Å²) in [4.78, 5) is 4.71. The molecule has 18 heavy (non-hydrogen) atoms. The van der Waals surface area contributed by atoms with Gasteiger partial charge in [-0.05, 0) is 53.1 Å². The van der Waals surface area contributed by atoms with Gasteiger partial charge >= 0.3 is 0 Å². The molecule has 0 N–H and O–H groups in total. The standard InChI is InChI=1S/C16H12IN/c1-11-9-12-5-2-3-8-15(12)16(18-11)13-6-4-7-14(17)10-13/h2-10H,1H3. The molecule has 1 aromatic heterocycles. The van der Waals surface area contributed by atoms with E-state index in [0.29, 0.717) is 0 Å². The molecule has 0 unspecified atom stereocenters. The van der Waals surface area contributed by atoms with Crippen molar-refractivity contribution in [3.05, 3.63) is 63.9 Å². The summed E-state index contributed by atoms with van der Waals surface area (Å²) in [6.07, 6.45) is 0. The number of benzene rings is 2. The molecule has 2 heteroatoms. The summed E-state index contributed by atoms with van der Waals surface area (Å²) in [5.74, 6) is 0. The summed E-state index contributed by atoms with van der Waals surface area (Å²) in [6.45, 7) is 2.05. The maximum atomic E-state index is 4.71. The molecule has 2 aromatic carbocycles. The van der Waals surface area contributed by atoms with Gasteiger partial charge in [-0.15, -0.1) is 0 Å². The highest BCUT2D eigenvalue weighted by Gasteiger charge is 2.06. The predicted octanol–water partition coefficient (Wildman–Crippen LogP) is 4.81. The summed E-state index contributed by atoms with van der Waals surface area (Å²) in [5.41, 5.74) is 3.31. The highest BCUT2D eigenvalue weighted by atomic mass is 127. The van der Waals surface area contributed by atoms with Crippen molar-refractivity contribution in [1.82, 2.24) is 4.98 Å². The van der Waals surface area contributed by atoms with Crippen LogP contribution in [-0.4, -0.2) is 4.98 Å². The zero-order valence-corrected chi connectivity index (χ0v) is 12.2. The van der Waals surface area contributed by atoms with Crippen LogP contribution in [-0.2, 0) is 0 Å². The molecule has 0 aliphatic rings. The van der Waals surface area contributed by atoms with Crippen LogP contribution in [0.1, 0.15) is 5.69 Å². The number of hydrogen-bond acceptors (Lipinski definition) is 1. The van der Waals surface area contributed by atoms with Crippen LogP contribution in [0.2, 0.25) is 0 Å². The van der Waals surface area contributed by atoms with Crippen LogP contribution in [0.25, 0.3) is 22.0 Å². The Morgan fingerprint density at radius 3 is 2.61 bits per heavy atom. The maximum absolute atomic E-state index is 4.71. The number of fused-ring (bicyclic) bond motifs is 1. The second-order valence-corrected chi connectivity index (χ2v) is 5.59. The highest BCUT2D eigenvalue weighted by Crippen LogP contribution is 2.28. The molecule has 0 radical (unpaired) electrons. The van der Waals surface area contributed by atoms with E-state index in [9.17, 15) is 0 Å². The van der Waals surface area contributed by atoms with E-state index in [0.717, 1.165) is 11.4 Å². The highest BCUT2D eigenvalue weighted by molar-refractivity contribution is 14.1. The zero-order valence-electron chi connectivity index (χ0n) is 10.0. The fourth-order valence-electron chi connectivity index (χ4n) is 2.19. The number of aryl methyl sites for hydroxylation is 1. The monoisotopic (exact) mass is 345 g/mol. The first-order chi connectivity index (χ1) is 8.74. The minimum absolute atomic E-state index is 1.06. The molecule has 0 aliphatic heterocycles. The topological polar surface area (TPSA) is 12.9 Å². The first kappa shape index (κ1) is 11.7. The largest absolute Gasteiger partial charge is 0.252 e. The van der Waals surface area contributed by atoms with Crippen molar-refractivity contribution < 1.29 is 0 Å². The van der Waals surface area contributed by atoms with Gasteiger partial charge in [0.1, 0.15) is 0 Å². The van der Waals surface area contributed by atoms with Gasteiger partial charge < -0.3 is 0 Å². The Balaban J connectivity index is 2.34. The Hall–Kier alpha value is -1.42. The van der Waals surface area contributed by atoms with Crippen LogP contribution in [0.15, 0.2) is 54.6 Å². The van der Waals surface area contributed by atoms with Crippen LogP contribution in [0.3, 0.4) is 0 Å². The molecule has 3 aromatic rings. The normalized spacial score (nSPS) is 10.8. The lowest BCUT2D eigenvalue weighted by Crippen LogP contribution is -1.90. The zero-order chi connectivity index (χ0) is 12.5. The quantitative estimate of drug-likeness (QED) is 0.577.